The van der Waals surface area contributed by atoms with E-state index in [4.69, 9.17) is 26.2 Å². The highest BCUT2D eigenvalue weighted by molar-refractivity contribution is 6.32. The number of halogens is 1. The maximum absolute atomic E-state index is 10.8. The number of carboxylic acid groups (broad SMARTS) is 1. The molecule has 20 heavy (non-hydrogen) atoms. The maximum atomic E-state index is 10.8. The summed E-state index contributed by atoms with van der Waals surface area (Å²) >= 11 is 5.91. The molecule has 0 radical (unpaired) electrons. The summed E-state index contributed by atoms with van der Waals surface area (Å²) in [5.74, 6) is -1.29. The molecule has 0 saturated heterocycles. The average molecular weight is 298 g/mol. The van der Waals surface area contributed by atoms with Gasteiger partial charge in [-0.25, -0.2) is 4.79 Å². The van der Waals surface area contributed by atoms with Crippen LogP contribution in [0.2, 0.25) is 5.02 Å². The van der Waals surface area contributed by atoms with Crippen LogP contribution in [-0.4, -0.2) is 34.6 Å². The molecule has 2 aromatic rings. The number of phenolic OH excluding ortho intramolecular Hbond substituents is 1. The molecule has 0 atom stereocenters. The Morgan fingerprint density at radius 2 is 2.05 bits per heavy atom. The number of fused-ring (bicyclic) bond motifs is 1. The molecule has 0 amide bonds. The van der Waals surface area contributed by atoms with Gasteiger partial charge in [-0.2, -0.15) is 0 Å². The molecule has 0 bridgehead atoms. The van der Waals surface area contributed by atoms with Crippen molar-refractivity contribution >= 4 is 17.6 Å². The molecule has 104 valence electrons. The summed E-state index contributed by atoms with van der Waals surface area (Å²) in [6.45, 7) is 0.650. The van der Waals surface area contributed by atoms with Crippen LogP contribution < -0.4 is 9.47 Å². The van der Waals surface area contributed by atoms with Crippen molar-refractivity contribution in [2.75, 3.05) is 13.2 Å². The summed E-state index contributed by atoms with van der Waals surface area (Å²) in [6, 6.07) is 2.60. The second-order valence-electron chi connectivity index (χ2n) is 3.99. The monoisotopic (exact) mass is 297 g/mol. The molecule has 3 rings (SSSR count). The van der Waals surface area contributed by atoms with Gasteiger partial charge in [-0.05, 0) is 0 Å². The minimum Gasteiger partial charge on any atom is -0.506 e. The number of hydrogen-bond donors (Lipinski definition) is 2. The van der Waals surface area contributed by atoms with Gasteiger partial charge in [0.1, 0.15) is 24.7 Å². The minimum atomic E-state index is -1.27. The lowest BCUT2D eigenvalue weighted by molar-refractivity contribution is 0.0652. The second kappa shape index (κ2) is 4.61. The predicted octanol–water partition coefficient (Wildman–Crippen LogP) is 2.17. The van der Waals surface area contributed by atoms with Gasteiger partial charge in [0.05, 0.1) is 10.6 Å². The van der Waals surface area contributed by atoms with E-state index < -0.39 is 5.97 Å². The number of aromatic nitrogens is 1. The lowest BCUT2D eigenvalue weighted by Crippen LogP contribution is -2.16. The molecule has 1 aliphatic heterocycles. The van der Waals surface area contributed by atoms with Crippen LogP contribution in [0.3, 0.4) is 0 Å². The van der Waals surface area contributed by atoms with Crippen LogP contribution in [0, 0.1) is 0 Å². The first kappa shape index (κ1) is 12.6. The predicted molar refractivity (Wildman–Crippen MR) is 66.6 cm³/mol. The van der Waals surface area contributed by atoms with E-state index in [1.54, 1.807) is 0 Å². The number of aromatic carboxylic acids is 1. The first-order valence-corrected chi connectivity index (χ1v) is 5.97. The van der Waals surface area contributed by atoms with E-state index in [-0.39, 0.29) is 33.5 Å². The summed E-state index contributed by atoms with van der Waals surface area (Å²) in [6.07, 6.45) is 0. The third kappa shape index (κ3) is 1.92. The highest BCUT2D eigenvalue weighted by Crippen LogP contribution is 2.48. The third-order valence-corrected chi connectivity index (χ3v) is 3.02. The number of nitrogens with zero attached hydrogens (tertiary/aromatic N) is 1. The van der Waals surface area contributed by atoms with Gasteiger partial charge in [0.25, 0.3) is 0 Å². The molecule has 2 heterocycles. The number of hydrogen-bond acceptors (Lipinski definition) is 6. The Morgan fingerprint density at radius 3 is 2.75 bits per heavy atom. The average Bonchev–Trinajstić information content (AvgIpc) is 2.90. The van der Waals surface area contributed by atoms with E-state index in [2.05, 4.69) is 9.68 Å². The first-order valence-electron chi connectivity index (χ1n) is 5.59. The van der Waals surface area contributed by atoms with Crippen LogP contribution in [0.15, 0.2) is 16.7 Å². The van der Waals surface area contributed by atoms with E-state index in [9.17, 15) is 9.90 Å². The fourth-order valence-electron chi connectivity index (χ4n) is 1.88. The summed E-state index contributed by atoms with van der Waals surface area (Å²) in [5, 5.41) is 22.5. The molecular formula is C12H8ClNO6. The van der Waals surface area contributed by atoms with Gasteiger partial charge in [0, 0.05) is 12.1 Å². The van der Waals surface area contributed by atoms with Crippen LogP contribution in [0.1, 0.15) is 10.6 Å². The van der Waals surface area contributed by atoms with Crippen molar-refractivity contribution in [2.45, 2.75) is 0 Å². The van der Waals surface area contributed by atoms with Crippen molar-refractivity contribution in [1.29, 1.82) is 0 Å². The quantitative estimate of drug-likeness (QED) is 0.875. The van der Waals surface area contributed by atoms with Gasteiger partial charge in [0.2, 0.25) is 5.76 Å². The largest absolute Gasteiger partial charge is 0.506 e. The van der Waals surface area contributed by atoms with Gasteiger partial charge in [-0.15, -0.1) is 0 Å². The number of phenols is 1. The molecule has 0 unspecified atom stereocenters. The lowest BCUT2D eigenvalue weighted by Gasteiger charge is -2.21. The molecule has 1 aromatic heterocycles. The molecule has 1 aromatic carbocycles. The summed E-state index contributed by atoms with van der Waals surface area (Å²) in [7, 11) is 0. The van der Waals surface area contributed by atoms with Gasteiger partial charge >= 0.3 is 5.97 Å². The Morgan fingerprint density at radius 1 is 1.30 bits per heavy atom. The number of carboxylic acids is 1. The first-order chi connectivity index (χ1) is 9.58. The Bertz CT molecular complexity index is 695. The molecule has 0 fully saturated rings. The topological polar surface area (TPSA) is 102 Å². The van der Waals surface area contributed by atoms with Gasteiger partial charge in [0.15, 0.2) is 11.5 Å². The zero-order valence-corrected chi connectivity index (χ0v) is 10.7. The molecule has 7 nitrogen and oxygen atoms in total. The number of benzene rings is 1. The van der Waals surface area contributed by atoms with Gasteiger partial charge in [-0.1, -0.05) is 16.8 Å². The molecular weight excluding hydrogens is 290 g/mol. The highest BCUT2D eigenvalue weighted by Gasteiger charge is 2.26. The zero-order chi connectivity index (χ0) is 14.3. The van der Waals surface area contributed by atoms with E-state index in [0.29, 0.717) is 19.0 Å². The van der Waals surface area contributed by atoms with Crippen LogP contribution in [0.25, 0.3) is 11.3 Å². The Labute approximate surface area is 117 Å². The number of rotatable bonds is 2. The Balaban J connectivity index is 2.20. The SMILES string of the molecule is O=C(O)c1cc(-c2c(O)c(Cl)cc3c2OCCO3)no1. The van der Waals surface area contributed by atoms with Crippen LogP contribution in [0.4, 0.5) is 0 Å². The van der Waals surface area contributed by atoms with E-state index in [1.807, 2.05) is 0 Å². The summed E-state index contributed by atoms with van der Waals surface area (Å²) in [5.41, 5.74) is 0.243. The standard InChI is InChI=1S/C12H8ClNO6/c13-5-3-7-11(19-2-1-18-7)9(10(5)15)6-4-8(12(16)17)20-14-6/h3-4,15H,1-2H2,(H,16,17). The molecule has 1 aliphatic rings. The van der Waals surface area contributed by atoms with Crippen molar-refractivity contribution in [3.63, 3.8) is 0 Å². The van der Waals surface area contributed by atoms with Crippen molar-refractivity contribution in [2.24, 2.45) is 0 Å². The second-order valence-corrected chi connectivity index (χ2v) is 4.39. The van der Waals surface area contributed by atoms with Crippen LogP contribution in [-0.2, 0) is 0 Å². The van der Waals surface area contributed by atoms with Gasteiger partial charge in [-0.3, -0.25) is 0 Å². The number of ether oxygens (including phenoxy) is 2. The Hall–Kier alpha value is -2.41. The molecule has 0 spiro atoms. The Kier molecular flexibility index (Phi) is 2.90. The van der Waals surface area contributed by atoms with E-state index in [0.717, 1.165) is 0 Å². The molecule has 8 heteroatoms. The maximum Gasteiger partial charge on any atom is 0.374 e. The fraction of sp³-hybridized carbons (Fsp3) is 0.167. The van der Waals surface area contributed by atoms with Crippen LogP contribution in [0.5, 0.6) is 17.2 Å². The van der Waals surface area contributed by atoms with Crippen molar-refractivity contribution in [1.82, 2.24) is 5.16 Å². The smallest absolute Gasteiger partial charge is 0.374 e. The number of carbonyl (C=O) groups is 1. The third-order valence-electron chi connectivity index (χ3n) is 2.74. The normalized spacial score (nSPS) is 13.2. The highest BCUT2D eigenvalue weighted by atomic mass is 35.5. The van der Waals surface area contributed by atoms with Crippen molar-refractivity contribution in [3.8, 4) is 28.5 Å². The zero-order valence-electron chi connectivity index (χ0n) is 9.92. The molecule has 2 N–H and O–H groups in total. The number of aromatic hydroxyl groups is 1. The minimum absolute atomic E-state index is 0.0455. The van der Waals surface area contributed by atoms with E-state index >= 15 is 0 Å². The van der Waals surface area contributed by atoms with Crippen molar-refractivity contribution < 1.29 is 29.0 Å². The van der Waals surface area contributed by atoms with E-state index in [1.165, 1.54) is 12.1 Å². The van der Waals surface area contributed by atoms with Crippen LogP contribution >= 0.6 is 11.6 Å². The summed E-state index contributed by atoms with van der Waals surface area (Å²) < 4.78 is 15.5. The van der Waals surface area contributed by atoms with Crippen molar-refractivity contribution in [3.05, 3.63) is 22.9 Å². The lowest BCUT2D eigenvalue weighted by atomic mass is 10.1. The summed E-state index contributed by atoms with van der Waals surface area (Å²) in [4.78, 5) is 10.8. The fourth-order valence-corrected chi connectivity index (χ4v) is 2.07. The van der Waals surface area contributed by atoms with Gasteiger partial charge < -0.3 is 24.2 Å². The molecule has 0 saturated carbocycles. The molecule has 0 aliphatic carbocycles.